The molecule has 18 heavy (non-hydrogen) atoms. The lowest BCUT2D eigenvalue weighted by Crippen LogP contribution is -2.39. The molecule has 0 bridgehead atoms. The van der Waals surface area contributed by atoms with Crippen molar-refractivity contribution in [1.82, 2.24) is 14.7 Å². The first-order valence-electron chi connectivity index (χ1n) is 6.06. The first kappa shape index (κ1) is 11.8. The predicted octanol–water partition coefficient (Wildman–Crippen LogP) is 0.886. The van der Waals surface area contributed by atoms with Gasteiger partial charge < -0.3 is 10.1 Å². The molecule has 0 amide bonds. The lowest BCUT2D eigenvalue weighted by molar-refractivity contribution is -0.121. The predicted molar refractivity (Wildman–Crippen MR) is 69.0 cm³/mol. The average Bonchev–Trinajstić information content (AvgIpc) is 2.90. The third-order valence-corrected chi connectivity index (χ3v) is 3.75. The van der Waals surface area contributed by atoms with Crippen molar-refractivity contribution in [3.05, 3.63) is 23.5 Å². The van der Waals surface area contributed by atoms with Gasteiger partial charge in [0.05, 0.1) is 24.8 Å². The number of carbonyl (C=O) groups excluding carboxylic acids is 1. The van der Waals surface area contributed by atoms with Crippen LogP contribution in [0.25, 0.3) is 4.96 Å². The first-order valence-corrected chi connectivity index (χ1v) is 6.94. The number of hydrogen-bond donors (Lipinski definition) is 1. The van der Waals surface area contributed by atoms with Crippen LogP contribution >= 0.6 is 11.3 Å². The fourth-order valence-electron chi connectivity index (χ4n) is 2.14. The van der Waals surface area contributed by atoms with Crippen molar-refractivity contribution in [3.63, 3.8) is 0 Å². The van der Waals surface area contributed by atoms with Crippen molar-refractivity contribution in [1.29, 1.82) is 0 Å². The van der Waals surface area contributed by atoms with Crippen molar-refractivity contribution < 1.29 is 9.53 Å². The summed E-state index contributed by atoms with van der Waals surface area (Å²) in [6.45, 7) is 2.34. The molecule has 1 N–H and O–H groups in total. The molecule has 1 aliphatic heterocycles. The third-order valence-electron chi connectivity index (χ3n) is 2.98. The Balaban J connectivity index is 1.58. The summed E-state index contributed by atoms with van der Waals surface area (Å²) in [6.07, 6.45) is 4.76. The lowest BCUT2D eigenvalue weighted by Gasteiger charge is -2.22. The Morgan fingerprint density at radius 3 is 3.39 bits per heavy atom. The molecule has 2 aromatic heterocycles. The quantitative estimate of drug-likeness (QED) is 0.892. The van der Waals surface area contributed by atoms with Gasteiger partial charge in [-0.15, -0.1) is 11.3 Å². The Morgan fingerprint density at radius 1 is 1.67 bits per heavy atom. The highest BCUT2D eigenvalue weighted by molar-refractivity contribution is 7.15. The van der Waals surface area contributed by atoms with E-state index in [2.05, 4.69) is 10.3 Å². The largest absolute Gasteiger partial charge is 0.375 e. The Morgan fingerprint density at radius 2 is 2.61 bits per heavy atom. The minimum absolute atomic E-state index is 0.0231. The summed E-state index contributed by atoms with van der Waals surface area (Å²) in [5.74, 6) is 0.189. The molecular formula is C12H15N3O2S. The number of ketones is 1. The van der Waals surface area contributed by atoms with E-state index in [0.29, 0.717) is 19.4 Å². The number of imidazole rings is 1. The fourth-order valence-corrected chi connectivity index (χ4v) is 2.86. The van der Waals surface area contributed by atoms with Crippen LogP contribution in [0.1, 0.15) is 12.1 Å². The van der Waals surface area contributed by atoms with E-state index in [1.165, 1.54) is 0 Å². The molecule has 5 nitrogen and oxygen atoms in total. The van der Waals surface area contributed by atoms with Gasteiger partial charge in [0.1, 0.15) is 5.78 Å². The van der Waals surface area contributed by atoms with E-state index in [4.69, 9.17) is 4.74 Å². The molecular weight excluding hydrogens is 250 g/mol. The number of morpholine rings is 1. The van der Waals surface area contributed by atoms with E-state index in [0.717, 1.165) is 23.7 Å². The molecule has 0 aliphatic carbocycles. The van der Waals surface area contributed by atoms with Gasteiger partial charge in [0.2, 0.25) is 0 Å². The van der Waals surface area contributed by atoms with E-state index in [1.54, 1.807) is 11.3 Å². The molecule has 1 aliphatic rings. The van der Waals surface area contributed by atoms with E-state index in [9.17, 15) is 4.79 Å². The minimum atomic E-state index is 0.0231. The number of Topliss-reactive ketones (excluding diaryl/α,β-unsaturated/α-hetero) is 1. The zero-order chi connectivity index (χ0) is 12.4. The van der Waals surface area contributed by atoms with E-state index < -0.39 is 0 Å². The number of aromatic nitrogens is 2. The number of fused-ring (bicyclic) bond motifs is 1. The number of nitrogens with one attached hydrogen (secondary N) is 1. The van der Waals surface area contributed by atoms with Crippen LogP contribution in [0.15, 0.2) is 17.8 Å². The van der Waals surface area contributed by atoms with E-state index in [1.807, 2.05) is 22.2 Å². The summed E-state index contributed by atoms with van der Waals surface area (Å²) in [7, 11) is 0. The summed E-state index contributed by atoms with van der Waals surface area (Å²) in [5.41, 5.74) is 0.843. The number of thiazole rings is 1. The van der Waals surface area contributed by atoms with Gasteiger partial charge in [0.15, 0.2) is 4.96 Å². The van der Waals surface area contributed by atoms with Gasteiger partial charge >= 0.3 is 0 Å². The monoisotopic (exact) mass is 265 g/mol. The van der Waals surface area contributed by atoms with Crippen LogP contribution in [0.4, 0.5) is 0 Å². The van der Waals surface area contributed by atoms with Crippen molar-refractivity contribution in [2.45, 2.75) is 18.9 Å². The Labute approximate surface area is 109 Å². The zero-order valence-corrected chi connectivity index (χ0v) is 10.8. The smallest absolute Gasteiger partial charge is 0.193 e. The first-order chi connectivity index (χ1) is 8.81. The van der Waals surface area contributed by atoms with Gasteiger partial charge in [-0.25, -0.2) is 4.98 Å². The highest BCUT2D eigenvalue weighted by Crippen LogP contribution is 2.13. The number of hydrogen-bond acceptors (Lipinski definition) is 5. The van der Waals surface area contributed by atoms with Gasteiger partial charge in [-0.3, -0.25) is 9.20 Å². The molecule has 0 saturated carbocycles. The van der Waals surface area contributed by atoms with Crippen LogP contribution in [0.5, 0.6) is 0 Å². The normalized spacial score (nSPS) is 20.3. The van der Waals surface area contributed by atoms with Gasteiger partial charge in [0.25, 0.3) is 0 Å². The Hall–Kier alpha value is -1.24. The third kappa shape index (κ3) is 2.60. The van der Waals surface area contributed by atoms with Crippen molar-refractivity contribution >= 4 is 22.1 Å². The summed E-state index contributed by atoms with van der Waals surface area (Å²) in [4.78, 5) is 17.3. The lowest BCUT2D eigenvalue weighted by atomic mass is 10.1. The maximum absolute atomic E-state index is 11.9. The van der Waals surface area contributed by atoms with Crippen molar-refractivity contribution in [2.75, 3.05) is 19.7 Å². The van der Waals surface area contributed by atoms with E-state index >= 15 is 0 Å². The Bertz CT molecular complexity index is 514. The second-order valence-corrected chi connectivity index (χ2v) is 5.31. The number of carbonyl (C=O) groups is 1. The SMILES string of the molecule is O=C(Cc1cn2ccsc2n1)CC1CNCCO1. The van der Waals surface area contributed by atoms with Crippen molar-refractivity contribution in [2.24, 2.45) is 0 Å². The maximum Gasteiger partial charge on any atom is 0.193 e. The summed E-state index contributed by atoms with van der Waals surface area (Å²) in [6, 6.07) is 0. The highest BCUT2D eigenvalue weighted by Gasteiger charge is 2.18. The second-order valence-electron chi connectivity index (χ2n) is 4.44. The molecule has 1 atom stereocenters. The zero-order valence-electron chi connectivity index (χ0n) is 9.96. The van der Waals surface area contributed by atoms with Crippen LogP contribution in [-0.4, -0.2) is 41.0 Å². The standard InChI is InChI=1S/C12H15N3O2S/c16-10(6-11-7-13-1-3-17-11)5-9-8-15-2-4-18-12(15)14-9/h2,4,8,11,13H,1,3,5-7H2. The molecule has 2 aromatic rings. The topological polar surface area (TPSA) is 55.6 Å². The number of nitrogens with zero attached hydrogens (tertiary/aromatic N) is 2. The fraction of sp³-hybridized carbons (Fsp3) is 0.500. The molecule has 1 saturated heterocycles. The molecule has 0 radical (unpaired) electrons. The van der Waals surface area contributed by atoms with Crippen molar-refractivity contribution in [3.8, 4) is 0 Å². The van der Waals surface area contributed by atoms with Crippen LogP contribution in [0, 0.1) is 0 Å². The molecule has 0 aromatic carbocycles. The molecule has 6 heteroatoms. The van der Waals surface area contributed by atoms with Gasteiger partial charge in [0, 0.05) is 37.3 Å². The summed E-state index contributed by atoms with van der Waals surface area (Å²) in [5, 5.41) is 5.21. The van der Waals surface area contributed by atoms with Crippen LogP contribution in [-0.2, 0) is 16.0 Å². The summed E-state index contributed by atoms with van der Waals surface area (Å²) < 4.78 is 7.47. The van der Waals surface area contributed by atoms with Crippen LogP contribution in [0.2, 0.25) is 0 Å². The highest BCUT2D eigenvalue weighted by atomic mass is 32.1. The molecule has 3 rings (SSSR count). The molecule has 1 unspecified atom stereocenters. The van der Waals surface area contributed by atoms with Gasteiger partial charge in [-0.05, 0) is 0 Å². The minimum Gasteiger partial charge on any atom is -0.375 e. The molecule has 1 fully saturated rings. The van der Waals surface area contributed by atoms with E-state index in [-0.39, 0.29) is 11.9 Å². The second kappa shape index (κ2) is 5.17. The molecule has 3 heterocycles. The van der Waals surface area contributed by atoms with Crippen LogP contribution < -0.4 is 5.32 Å². The number of ether oxygens (including phenoxy) is 1. The molecule has 96 valence electrons. The molecule has 0 spiro atoms. The van der Waals surface area contributed by atoms with Gasteiger partial charge in [-0.1, -0.05) is 0 Å². The maximum atomic E-state index is 11.9. The van der Waals surface area contributed by atoms with Crippen LogP contribution in [0.3, 0.4) is 0 Å². The summed E-state index contributed by atoms with van der Waals surface area (Å²) >= 11 is 1.58. The Kier molecular flexibility index (Phi) is 3.40. The van der Waals surface area contributed by atoms with Gasteiger partial charge in [-0.2, -0.15) is 0 Å². The average molecular weight is 265 g/mol. The number of rotatable bonds is 4.